The third-order valence-electron chi connectivity index (χ3n) is 0.992. The van der Waals surface area contributed by atoms with E-state index in [1.54, 1.807) is 0 Å². The zero-order valence-electron chi connectivity index (χ0n) is 4.84. The van der Waals surface area contributed by atoms with Gasteiger partial charge in [-0.05, 0) is 18.2 Å². The molecule has 1 rings (SSSR count). The summed E-state index contributed by atoms with van der Waals surface area (Å²) in [7, 11) is 0.889. The molecule has 0 nitrogen and oxygen atoms in total. The van der Waals surface area contributed by atoms with Crippen LogP contribution in [-0.4, -0.2) is 0 Å². The minimum Gasteiger partial charge on any atom is -0.207 e. The maximum atomic E-state index is 12.5. The highest BCUT2D eigenvalue weighted by molar-refractivity contribution is 8.68. The SMILES string of the molecule is Fc1ccc(F)c(SS)c1. The third kappa shape index (κ3) is 1.64. The lowest BCUT2D eigenvalue weighted by Gasteiger charge is -1.95. The first-order chi connectivity index (χ1) is 4.74. The number of rotatable bonds is 1. The average molecular weight is 178 g/mol. The lowest BCUT2D eigenvalue weighted by Crippen LogP contribution is -1.79. The first kappa shape index (κ1) is 7.88. The van der Waals surface area contributed by atoms with Crippen LogP contribution in [0.1, 0.15) is 0 Å². The van der Waals surface area contributed by atoms with Crippen LogP contribution in [0.5, 0.6) is 0 Å². The molecule has 0 aromatic heterocycles. The van der Waals surface area contributed by atoms with Gasteiger partial charge in [-0.2, -0.15) is 0 Å². The molecule has 0 aliphatic carbocycles. The van der Waals surface area contributed by atoms with Crippen molar-refractivity contribution in [3.8, 4) is 0 Å². The van der Waals surface area contributed by atoms with E-state index in [0.29, 0.717) is 0 Å². The molecule has 0 atom stereocenters. The Balaban J connectivity index is 3.09. The summed E-state index contributed by atoms with van der Waals surface area (Å²) in [6, 6.07) is 3.25. The van der Waals surface area contributed by atoms with Gasteiger partial charge in [0.15, 0.2) is 0 Å². The van der Waals surface area contributed by atoms with Crippen molar-refractivity contribution in [3.05, 3.63) is 29.8 Å². The zero-order chi connectivity index (χ0) is 7.56. The van der Waals surface area contributed by atoms with E-state index in [1.165, 1.54) is 0 Å². The highest BCUT2D eigenvalue weighted by atomic mass is 33.1. The van der Waals surface area contributed by atoms with Crippen LogP contribution >= 0.6 is 22.5 Å². The van der Waals surface area contributed by atoms with E-state index in [1.807, 2.05) is 0 Å². The second-order valence-corrected chi connectivity index (χ2v) is 2.84. The van der Waals surface area contributed by atoms with Crippen LogP contribution in [0.25, 0.3) is 0 Å². The zero-order valence-corrected chi connectivity index (χ0v) is 6.55. The van der Waals surface area contributed by atoms with Gasteiger partial charge in [0.1, 0.15) is 11.6 Å². The molecule has 0 aliphatic heterocycles. The molecule has 0 saturated carbocycles. The smallest absolute Gasteiger partial charge is 0.137 e. The summed E-state index contributed by atoms with van der Waals surface area (Å²) < 4.78 is 24.9. The fourth-order valence-electron chi connectivity index (χ4n) is 0.547. The molecule has 0 aliphatic rings. The number of thiol groups is 1. The van der Waals surface area contributed by atoms with E-state index >= 15 is 0 Å². The summed E-state index contributed by atoms with van der Waals surface area (Å²) in [5, 5.41) is 0. The van der Waals surface area contributed by atoms with Crippen LogP contribution in [0, 0.1) is 11.6 Å². The highest BCUT2D eigenvalue weighted by Gasteiger charge is 2.00. The van der Waals surface area contributed by atoms with Gasteiger partial charge in [0.05, 0.1) is 4.90 Å². The molecule has 0 amide bonds. The van der Waals surface area contributed by atoms with Gasteiger partial charge in [0.2, 0.25) is 0 Å². The maximum Gasteiger partial charge on any atom is 0.137 e. The minimum absolute atomic E-state index is 0.211. The molecule has 0 N–H and O–H groups in total. The molecule has 0 spiro atoms. The topological polar surface area (TPSA) is 0 Å². The van der Waals surface area contributed by atoms with Gasteiger partial charge >= 0.3 is 0 Å². The standard InChI is InChI=1S/C6H4F2S2/c7-4-1-2-5(8)6(3-4)10-9/h1-3,9H. The summed E-state index contributed by atoms with van der Waals surface area (Å²) in [5.41, 5.74) is 0. The average Bonchev–Trinajstić information content (AvgIpc) is 1.94. The van der Waals surface area contributed by atoms with Crippen molar-refractivity contribution >= 4 is 22.5 Å². The summed E-state index contributed by atoms with van der Waals surface area (Å²) in [4.78, 5) is 0.211. The van der Waals surface area contributed by atoms with Crippen molar-refractivity contribution in [2.24, 2.45) is 0 Å². The fourth-order valence-corrected chi connectivity index (χ4v) is 1.29. The molecule has 0 bridgehead atoms. The van der Waals surface area contributed by atoms with Crippen LogP contribution in [-0.2, 0) is 0 Å². The van der Waals surface area contributed by atoms with Crippen molar-refractivity contribution in [2.75, 3.05) is 0 Å². The quantitative estimate of drug-likeness (QED) is 0.509. The molecule has 10 heavy (non-hydrogen) atoms. The van der Waals surface area contributed by atoms with Crippen LogP contribution in [0.2, 0.25) is 0 Å². The summed E-state index contributed by atoms with van der Waals surface area (Å²) in [5.74, 6) is -0.889. The molecular weight excluding hydrogens is 174 g/mol. The molecule has 0 saturated heterocycles. The normalized spacial score (nSPS) is 9.90. The van der Waals surface area contributed by atoms with Gasteiger partial charge in [0.25, 0.3) is 0 Å². The molecule has 0 unspecified atom stereocenters. The lowest BCUT2D eigenvalue weighted by atomic mass is 10.3. The number of hydrogen-bond acceptors (Lipinski definition) is 2. The predicted molar refractivity (Wildman–Crippen MR) is 41.2 cm³/mol. The Morgan fingerprint density at radius 3 is 2.50 bits per heavy atom. The molecule has 0 heterocycles. The Morgan fingerprint density at radius 2 is 2.00 bits per heavy atom. The Kier molecular flexibility index (Phi) is 2.56. The van der Waals surface area contributed by atoms with Crippen molar-refractivity contribution in [1.29, 1.82) is 0 Å². The van der Waals surface area contributed by atoms with Gasteiger partial charge < -0.3 is 0 Å². The van der Waals surface area contributed by atoms with E-state index in [4.69, 9.17) is 0 Å². The second-order valence-electron chi connectivity index (χ2n) is 1.67. The Bertz CT molecular complexity index is 237. The second kappa shape index (κ2) is 3.25. The van der Waals surface area contributed by atoms with Crippen LogP contribution in [0.3, 0.4) is 0 Å². The molecule has 54 valence electrons. The predicted octanol–water partition coefficient (Wildman–Crippen LogP) is 2.90. The van der Waals surface area contributed by atoms with Crippen LogP contribution < -0.4 is 0 Å². The van der Waals surface area contributed by atoms with E-state index in [9.17, 15) is 8.78 Å². The van der Waals surface area contributed by atoms with Gasteiger partial charge in [-0.15, -0.1) is 11.7 Å². The van der Waals surface area contributed by atoms with E-state index < -0.39 is 11.6 Å². The van der Waals surface area contributed by atoms with E-state index in [0.717, 1.165) is 29.0 Å². The Labute approximate surface area is 66.4 Å². The van der Waals surface area contributed by atoms with E-state index in [-0.39, 0.29) is 4.90 Å². The van der Waals surface area contributed by atoms with Crippen LogP contribution in [0.15, 0.2) is 23.1 Å². The molecule has 4 heteroatoms. The minimum atomic E-state index is -0.446. The summed E-state index contributed by atoms with van der Waals surface area (Å²) in [6.07, 6.45) is 0. The van der Waals surface area contributed by atoms with Crippen molar-refractivity contribution in [3.63, 3.8) is 0 Å². The summed E-state index contributed by atoms with van der Waals surface area (Å²) in [6.45, 7) is 0. The molecule has 0 fully saturated rings. The van der Waals surface area contributed by atoms with E-state index in [2.05, 4.69) is 11.7 Å². The van der Waals surface area contributed by atoms with Gasteiger partial charge in [-0.1, -0.05) is 10.8 Å². The molecule has 1 aromatic rings. The molecular formula is C6H4F2S2. The maximum absolute atomic E-state index is 12.5. The molecule has 0 radical (unpaired) electrons. The lowest BCUT2D eigenvalue weighted by molar-refractivity contribution is 0.577. The first-order valence-corrected chi connectivity index (χ1v) is 4.37. The van der Waals surface area contributed by atoms with Crippen molar-refractivity contribution in [1.82, 2.24) is 0 Å². The monoisotopic (exact) mass is 178 g/mol. The van der Waals surface area contributed by atoms with Gasteiger partial charge in [-0.3, -0.25) is 0 Å². The summed E-state index contributed by atoms with van der Waals surface area (Å²) >= 11 is 3.74. The Morgan fingerprint density at radius 1 is 1.30 bits per heavy atom. The third-order valence-corrected chi connectivity index (χ3v) is 2.09. The van der Waals surface area contributed by atoms with Gasteiger partial charge in [0, 0.05) is 0 Å². The molecule has 1 aromatic carbocycles. The largest absolute Gasteiger partial charge is 0.207 e. The van der Waals surface area contributed by atoms with Crippen molar-refractivity contribution in [2.45, 2.75) is 4.90 Å². The Hall–Kier alpha value is -0.220. The first-order valence-electron chi connectivity index (χ1n) is 2.50. The fraction of sp³-hybridized carbons (Fsp3) is 0. The van der Waals surface area contributed by atoms with Gasteiger partial charge in [-0.25, -0.2) is 8.78 Å². The number of benzene rings is 1. The van der Waals surface area contributed by atoms with Crippen LogP contribution in [0.4, 0.5) is 8.78 Å². The highest BCUT2D eigenvalue weighted by Crippen LogP contribution is 2.24. The number of halogens is 2. The van der Waals surface area contributed by atoms with Crippen molar-refractivity contribution < 1.29 is 8.78 Å². The number of hydrogen-bond donors (Lipinski definition) is 1.